The van der Waals surface area contributed by atoms with Crippen LogP contribution < -0.4 is 9.64 Å². The fourth-order valence-corrected chi connectivity index (χ4v) is 2.34. The van der Waals surface area contributed by atoms with E-state index in [1.807, 2.05) is 6.07 Å². The predicted octanol–water partition coefficient (Wildman–Crippen LogP) is 2.06. The van der Waals surface area contributed by atoms with Crippen molar-refractivity contribution in [3.05, 3.63) is 40.2 Å². The van der Waals surface area contributed by atoms with Gasteiger partial charge in [-0.2, -0.15) is 0 Å². The van der Waals surface area contributed by atoms with E-state index in [1.54, 1.807) is 12.1 Å². The summed E-state index contributed by atoms with van der Waals surface area (Å²) in [6.45, 7) is 0.0144. The molecule has 0 saturated carbocycles. The van der Waals surface area contributed by atoms with E-state index < -0.39 is 5.97 Å². The number of aromatic carboxylic acids is 1. The van der Waals surface area contributed by atoms with Crippen molar-refractivity contribution in [2.75, 3.05) is 11.5 Å². The summed E-state index contributed by atoms with van der Waals surface area (Å²) in [5.41, 5.74) is 0.397. The van der Waals surface area contributed by atoms with Gasteiger partial charge in [0.05, 0.1) is 12.2 Å². The topological polar surface area (TPSA) is 92.9 Å². The van der Waals surface area contributed by atoms with Crippen LogP contribution in [0.25, 0.3) is 0 Å². The van der Waals surface area contributed by atoms with E-state index in [1.165, 1.54) is 11.0 Å². The predicted molar refractivity (Wildman–Crippen MR) is 74.3 cm³/mol. The van der Waals surface area contributed by atoms with E-state index in [0.717, 1.165) is 4.47 Å². The molecule has 0 bridgehead atoms. The van der Waals surface area contributed by atoms with E-state index >= 15 is 0 Å². The van der Waals surface area contributed by atoms with Crippen LogP contribution in [0, 0.1) is 0 Å². The second-order valence-corrected chi connectivity index (χ2v) is 5.28. The SMILES string of the molecule is O=C(O)c1cc(CN2C(=O)COc3ccc(Br)cc32)on1. The summed E-state index contributed by atoms with van der Waals surface area (Å²) in [4.78, 5) is 24.3. The first-order chi connectivity index (χ1) is 10.0. The van der Waals surface area contributed by atoms with Gasteiger partial charge in [0.25, 0.3) is 5.91 Å². The van der Waals surface area contributed by atoms with Crippen molar-refractivity contribution in [1.82, 2.24) is 5.16 Å². The van der Waals surface area contributed by atoms with Crippen molar-refractivity contribution >= 4 is 33.5 Å². The summed E-state index contributed by atoms with van der Waals surface area (Å²) in [7, 11) is 0. The first-order valence-corrected chi connectivity index (χ1v) is 6.75. The molecular weight excluding hydrogens is 344 g/mol. The molecule has 0 aliphatic carbocycles. The largest absolute Gasteiger partial charge is 0.482 e. The molecule has 0 radical (unpaired) electrons. The molecule has 0 spiro atoms. The third kappa shape index (κ3) is 2.62. The number of halogens is 1. The number of carboxylic acid groups (broad SMARTS) is 1. The summed E-state index contributed by atoms with van der Waals surface area (Å²) in [6.07, 6.45) is 0. The Balaban J connectivity index is 1.92. The minimum atomic E-state index is -1.18. The van der Waals surface area contributed by atoms with Gasteiger partial charge in [0, 0.05) is 10.5 Å². The lowest BCUT2D eigenvalue weighted by molar-refractivity contribution is -0.121. The van der Waals surface area contributed by atoms with Crippen LogP contribution in [-0.4, -0.2) is 28.7 Å². The minimum absolute atomic E-state index is 0.0748. The van der Waals surface area contributed by atoms with Gasteiger partial charge in [-0.15, -0.1) is 0 Å². The van der Waals surface area contributed by atoms with Crippen LogP contribution in [0.1, 0.15) is 16.2 Å². The molecule has 7 nitrogen and oxygen atoms in total. The zero-order chi connectivity index (χ0) is 15.0. The number of ether oxygens (including phenoxy) is 1. The van der Waals surface area contributed by atoms with Gasteiger partial charge in [-0.3, -0.25) is 9.69 Å². The van der Waals surface area contributed by atoms with Crippen LogP contribution in [-0.2, 0) is 11.3 Å². The van der Waals surface area contributed by atoms with Gasteiger partial charge in [0.2, 0.25) is 0 Å². The average molecular weight is 353 g/mol. The van der Waals surface area contributed by atoms with Crippen molar-refractivity contribution in [2.24, 2.45) is 0 Å². The number of anilines is 1. The van der Waals surface area contributed by atoms with Crippen molar-refractivity contribution < 1.29 is 24.0 Å². The third-order valence-electron chi connectivity index (χ3n) is 2.96. The Labute approximate surface area is 127 Å². The molecule has 1 aliphatic heterocycles. The van der Waals surface area contributed by atoms with Gasteiger partial charge in [-0.05, 0) is 18.2 Å². The Morgan fingerprint density at radius 2 is 2.24 bits per heavy atom. The number of carbonyl (C=O) groups excluding carboxylic acids is 1. The number of hydrogen-bond donors (Lipinski definition) is 1. The highest BCUT2D eigenvalue weighted by atomic mass is 79.9. The molecule has 0 unspecified atom stereocenters. The molecule has 2 heterocycles. The zero-order valence-corrected chi connectivity index (χ0v) is 12.2. The Kier molecular flexibility index (Phi) is 3.38. The number of benzene rings is 1. The number of rotatable bonds is 3. The van der Waals surface area contributed by atoms with Gasteiger partial charge in [-0.25, -0.2) is 4.79 Å². The van der Waals surface area contributed by atoms with Crippen LogP contribution in [0.5, 0.6) is 5.75 Å². The summed E-state index contributed by atoms with van der Waals surface area (Å²) < 4.78 is 11.1. The first-order valence-electron chi connectivity index (χ1n) is 5.96. The van der Waals surface area contributed by atoms with E-state index in [4.69, 9.17) is 14.4 Å². The molecule has 21 heavy (non-hydrogen) atoms. The van der Waals surface area contributed by atoms with Gasteiger partial charge in [0.1, 0.15) is 5.75 Å². The van der Waals surface area contributed by atoms with E-state index in [-0.39, 0.29) is 30.5 Å². The average Bonchev–Trinajstić information content (AvgIpc) is 2.91. The quantitative estimate of drug-likeness (QED) is 0.908. The van der Waals surface area contributed by atoms with Crippen molar-refractivity contribution in [1.29, 1.82) is 0 Å². The molecule has 0 atom stereocenters. The Bertz CT molecular complexity index is 727. The maximum absolute atomic E-state index is 12.0. The molecule has 3 rings (SSSR count). The van der Waals surface area contributed by atoms with Gasteiger partial charge < -0.3 is 14.4 Å². The molecule has 1 aliphatic rings. The van der Waals surface area contributed by atoms with Crippen molar-refractivity contribution in [2.45, 2.75) is 6.54 Å². The summed E-state index contributed by atoms with van der Waals surface area (Å²) in [5.74, 6) is -0.556. The standard InChI is InChI=1S/C13H9BrN2O5/c14-7-1-2-11-10(3-7)16(12(17)6-20-11)5-8-4-9(13(18)19)15-21-8/h1-4H,5-6H2,(H,18,19). The summed E-state index contributed by atoms with van der Waals surface area (Å²) in [6, 6.07) is 6.61. The second-order valence-electron chi connectivity index (χ2n) is 4.36. The smallest absolute Gasteiger partial charge is 0.358 e. The van der Waals surface area contributed by atoms with Gasteiger partial charge in [-0.1, -0.05) is 21.1 Å². The van der Waals surface area contributed by atoms with Gasteiger partial charge in [0.15, 0.2) is 18.1 Å². The highest BCUT2D eigenvalue weighted by molar-refractivity contribution is 9.10. The Hall–Kier alpha value is -2.35. The molecule has 1 N–H and O–H groups in total. The van der Waals surface area contributed by atoms with E-state index in [2.05, 4.69) is 21.1 Å². The fraction of sp³-hybridized carbons (Fsp3) is 0.154. The molecule has 1 amide bonds. The Morgan fingerprint density at radius 3 is 2.95 bits per heavy atom. The lowest BCUT2D eigenvalue weighted by Gasteiger charge is -2.28. The normalized spacial score (nSPS) is 13.8. The molecule has 8 heteroatoms. The maximum Gasteiger partial charge on any atom is 0.358 e. The number of carboxylic acids is 1. The molecule has 1 aromatic heterocycles. The Morgan fingerprint density at radius 1 is 1.43 bits per heavy atom. The van der Waals surface area contributed by atoms with Crippen molar-refractivity contribution in [3.63, 3.8) is 0 Å². The number of aromatic nitrogens is 1. The number of fused-ring (bicyclic) bond motifs is 1. The number of carbonyl (C=O) groups is 2. The molecular formula is C13H9BrN2O5. The van der Waals surface area contributed by atoms with Crippen molar-refractivity contribution in [3.8, 4) is 5.75 Å². The molecule has 0 saturated heterocycles. The number of amides is 1. The van der Waals surface area contributed by atoms with Crippen LogP contribution in [0.3, 0.4) is 0 Å². The second kappa shape index (κ2) is 5.21. The van der Waals surface area contributed by atoms with Crippen LogP contribution >= 0.6 is 15.9 Å². The lowest BCUT2D eigenvalue weighted by atomic mass is 10.2. The highest BCUT2D eigenvalue weighted by Gasteiger charge is 2.27. The fourth-order valence-electron chi connectivity index (χ4n) is 1.99. The van der Waals surface area contributed by atoms with Crippen LogP contribution in [0.2, 0.25) is 0 Å². The summed E-state index contributed by atoms with van der Waals surface area (Å²) in [5, 5.41) is 12.2. The molecule has 2 aromatic rings. The van der Waals surface area contributed by atoms with Crippen LogP contribution in [0.15, 0.2) is 33.3 Å². The van der Waals surface area contributed by atoms with E-state index in [9.17, 15) is 9.59 Å². The molecule has 0 fully saturated rings. The zero-order valence-electron chi connectivity index (χ0n) is 10.6. The van der Waals surface area contributed by atoms with Crippen LogP contribution in [0.4, 0.5) is 5.69 Å². The van der Waals surface area contributed by atoms with E-state index in [0.29, 0.717) is 11.4 Å². The number of hydrogen-bond acceptors (Lipinski definition) is 5. The maximum atomic E-state index is 12.0. The van der Waals surface area contributed by atoms with Gasteiger partial charge >= 0.3 is 5.97 Å². The minimum Gasteiger partial charge on any atom is -0.482 e. The lowest BCUT2D eigenvalue weighted by Crippen LogP contribution is -2.38. The molecule has 1 aromatic carbocycles. The highest BCUT2D eigenvalue weighted by Crippen LogP contribution is 2.35. The third-order valence-corrected chi connectivity index (χ3v) is 3.45. The number of nitrogens with zero attached hydrogens (tertiary/aromatic N) is 2. The monoisotopic (exact) mass is 352 g/mol. The molecule has 108 valence electrons. The first kappa shape index (κ1) is 13.6. The summed E-state index contributed by atoms with van der Waals surface area (Å²) >= 11 is 3.34.